The van der Waals surface area contributed by atoms with E-state index in [-0.39, 0.29) is 19.5 Å². The van der Waals surface area contributed by atoms with Crippen molar-refractivity contribution in [2.75, 3.05) is 0 Å². The summed E-state index contributed by atoms with van der Waals surface area (Å²) in [4.78, 5) is 22.4. The second kappa shape index (κ2) is 5.15. The number of halogens is 3. The number of amides is 1. The van der Waals surface area contributed by atoms with Gasteiger partial charge in [0.15, 0.2) is 0 Å². The Kier molecular flexibility index (Phi) is 3.69. The third-order valence-corrected chi connectivity index (χ3v) is 3.15. The number of hydrogen-bond donors (Lipinski definition) is 1. The van der Waals surface area contributed by atoms with Gasteiger partial charge in [-0.2, -0.15) is 13.2 Å². The molecule has 0 saturated carbocycles. The number of carbonyl (C=O) groups excluding carboxylic acids is 1. The highest BCUT2D eigenvalue weighted by Gasteiger charge is 2.43. The number of fused-ring (bicyclic) bond motifs is 1. The number of aryl methyl sites for hydroxylation is 1. The molecule has 20 heavy (non-hydrogen) atoms. The monoisotopic (exact) mass is 287 g/mol. The highest BCUT2D eigenvalue weighted by atomic mass is 19.4. The minimum absolute atomic E-state index is 0.0377. The minimum Gasteiger partial charge on any atom is -0.481 e. The minimum atomic E-state index is -4.87. The molecule has 1 heterocycles. The first kappa shape index (κ1) is 14.4. The van der Waals surface area contributed by atoms with Gasteiger partial charge in [0.1, 0.15) is 0 Å². The summed E-state index contributed by atoms with van der Waals surface area (Å²) in [6, 6.07) is 5.00. The summed E-state index contributed by atoms with van der Waals surface area (Å²) in [5.74, 6) is -2.78. The van der Waals surface area contributed by atoms with Gasteiger partial charge in [0.2, 0.25) is 0 Å². The first-order valence-corrected chi connectivity index (χ1v) is 5.96. The molecule has 0 atom stereocenters. The topological polar surface area (TPSA) is 57.6 Å². The smallest absolute Gasteiger partial charge is 0.471 e. The predicted octanol–water partition coefficient (Wildman–Crippen LogP) is 2.11. The fourth-order valence-corrected chi connectivity index (χ4v) is 2.18. The maximum absolute atomic E-state index is 12.4. The third kappa shape index (κ3) is 3.09. The molecular weight excluding hydrogens is 275 g/mol. The van der Waals surface area contributed by atoms with E-state index in [0.29, 0.717) is 17.5 Å². The van der Waals surface area contributed by atoms with Crippen LogP contribution in [0.3, 0.4) is 0 Å². The van der Waals surface area contributed by atoms with Gasteiger partial charge in [-0.05, 0) is 23.1 Å². The van der Waals surface area contributed by atoms with Crippen LogP contribution in [0, 0.1) is 0 Å². The largest absolute Gasteiger partial charge is 0.481 e. The summed E-state index contributed by atoms with van der Waals surface area (Å²) in [7, 11) is 0. The quantitative estimate of drug-likeness (QED) is 0.926. The number of carboxylic acids is 1. The number of hydrogen-bond acceptors (Lipinski definition) is 2. The summed E-state index contributed by atoms with van der Waals surface area (Å²) in [5.41, 5.74) is 2.06. The Morgan fingerprint density at radius 2 is 1.85 bits per heavy atom. The van der Waals surface area contributed by atoms with Crippen LogP contribution in [-0.4, -0.2) is 28.1 Å². The molecule has 1 aliphatic rings. The summed E-state index contributed by atoms with van der Waals surface area (Å²) >= 11 is 0. The SMILES string of the molecule is O=C(O)CCc1ccc2c(c1)CN(C(=O)C(F)(F)F)C2. The summed E-state index contributed by atoms with van der Waals surface area (Å²) < 4.78 is 37.1. The zero-order valence-corrected chi connectivity index (χ0v) is 10.4. The lowest BCUT2D eigenvalue weighted by Gasteiger charge is -2.16. The van der Waals surface area contributed by atoms with Crippen LogP contribution < -0.4 is 0 Å². The number of rotatable bonds is 3. The van der Waals surface area contributed by atoms with Crippen molar-refractivity contribution < 1.29 is 27.9 Å². The second-order valence-corrected chi connectivity index (χ2v) is 4.66. The summed E-state index contributed by atoms with van der Waals surface area (Å²) in [5, 5.41) is 8.59. The lowest BCUT2D eigenvalue weighted by Crippen LogP contribution is -2.37. The van der Waals surface area contributed by atoms with Gasteiger partial charge >= 0.3 is 18.1 Å². The Labute approximate surface area is 112 Å². The molecule has 0 saturated heterocycles. The molecule has 1 N–H and O–H groups in total. The zero-order valence-electron chi connectivity index (χ0n) is 10.4. The number of carboxylic acid groups (broad SMARTS) is 1. The van der Waals surface area contributed by atoms with Crippen molar-refractivity contribution in [1.82, 2.24) is 4.90 Å². The Balaban J connectivity index is 2.09. The maximum atomic E-state index is 12.4. The van der Waals surface area contributed by atoms with Crippen molar-refractivity contribution in [2.45, 2.75) is 32.1 Å². The standard InChI is InChI=1S/C13H12F3NO3/c14-13(15,16)12(20)17-6-9-3-1-8(2-4-11(18)19)5-10(9)7-17/h1,3,5H,2,4,6-7H2,(H,18,19). The normalized spacial score (nSPS) is 14.2. The van der Waals surface area contributed by atoms with Crippen molar-refractivity contribution in [2.24, 2.45) is 0 Å². The first-order chi connectivity index (χ1) is 9.27. The first-order valence-electron chi connectivity index (χ1n) is 5.96. The van der Waals surface area contributed by atoms with Gasteiger partial charge in [-0.15, -0.1) is 0 Å². The van der Waals surface area contributed by atoms with Gasteiger partial charge in [-0.1, -0.05) is 18.2 Å². The van der Waals surface area contributed by atoms with E-state index in [2.05, 4.69) is 0 Å². The Bertz CT molecular complexity index is 554. The molecule has 1 aromatic rings. The van der Waals surface area contributed by atoms with Crippen LogP contribution in [0.4, 0.5) is 13.2 Å². The van der Waals surface area contributed by atoms with Crippen molar-refractivity contribution in [3.63, 3.8) is 0 Å². The molecule has 0 spiro atoms. The molecule has 1 aliphatic heterocycles. The van der Waals surface area contributed by atoms with Crippen molar-refractivity contribution >= 4 is 11.9 Å². The summed E-state index contributed by atoms with van der Waals surface area (Å²) in [6.07, 6.45) is -4.59. The molecule has 0 bridgehead atoms. The molecule has 0 radical (unpaired) electrons. The van der Waals surface area contributed by atoms with E-state index in [0.717, 1.165) is 10.5 Å². The third-order valence-electron chi connectivity index (χ3n) is 3.15. The van der Waals surface area contributed by atoms with Crippen molar-refractivity contribution in [1.29, 1.82) is 0 Å². The van der Waals surface area contributed by atoms with Gasteiger partial charge in [0.25, 0.3) is 0 Å². The highest BCUT2D eigenvalue weighted by molar-refractivity contribution is 5.82. The number of carbonyl (C=O) groups is 2. The lowest BCUT2D eigenvalue weighted by molar-refractivity contribution is -0.186. The van der Waals surface area contributed by atoms with Gasteiger partial charge in [0, 0.05) is 19.5 Å². The molecule has 0 aromatic heterocycles. The van der Waals surface area contributed by atoms with E-state index in [1.165, 1.54) is 0 Å². The second-order valence-electron chi connectivity index (χ2n) is 4.66. The molecule has 4 nitrogen and oxygen atoms in total. The average Bonchev–Trinajstić information content (AvgIpc) is 2.76. The average molecular weight is 287 g/mol. The number of benzene rings is 1. The van der Waals surface area contributed by atoms with E-state index < -0.39 is 18.1 Å². The molecule has 1 amide bonds. The lowest BCUT2D eigenvalue weighted by atomic mass is 10.0. The van der Waals surface area contributed by atoms with E-state index in [1.54, 1.807) is 18.2 Å². The van der Waals surface area contributed by atoms with E-state index >= 15 is 0 Å². The van der Waals surface area contributed by atoms with Crippen LogP contribution in [0.2, 0.25) is 0 Å². The number of aliphatic carboxylic acids is 1. The summed E-state index contributed by atoms with van der Waals surface area (Å²) in [6.45, 7) is -0.151. The van der Waals surface area contributed by atoms with Gasteiger partial charge in [-0.3, -0.25) is 9.59 Å². The van der Waals surface area contributed by atoms with Crippen molar-refractivity contribution in [3.8, 4) is 0 Å². The van der Waals surface area contributed by atoms with Crippen LogP contribution in [0.25, 0.3) is 0 Å². The molecule has 1 aromatic carbocycles. The van der Waals surface area contributed by atoms with E-state index in [9.17, 15) is 22.8 Å². The number of alkyl halides is 3. The molecule has 2 rings (SSSR count). The van der Waals surface area contributed by atoms with Gasteiger partial charge in [0.05, 0.1) is 0 Å². The van der Waals surface area contributed by atoms with E-state index in [1.807, 2.05) is 0 Å². The van der Waals surface area contributed by atoms with Crippen LogP contribution >= 0.6 is 0 Å². The van der Waals surface area contributed by atoms with Crippen LogP contribution in [0.5, 0.6) is 0 Å². The maximum Gasteiger partial charge on any atom is 0.471 e. The fourth-order valence-electron chi connectivity index (χ4n) is 2.18. The van der Waals surface area contributed by atoms with Crippen LogP contribution in [0.15, 0.2) is 18.2 Å². The van der Waals surface area contributed by atoms with Crippen molar-refractivity contribution in [3.05, 3.63) is 34.9 Å². The molecule has 108 valence electrons. The molecular formula is C13H12F3NO3. The van der Waals surface area contributed by atoms with Crippen LogP contribution in [-0.2, 0) is 29.1 Å². The molecule has 7 heteroatoms. The highest BCUT2D eigenvalue weighted by Crippen LogP contribution is 2.28. The van der Waals surface area contributed by atoms with E-state index in [4.69, 9.17) is 5.11 Å². The number of nitrogens with zero attached hydrogens (tertiary/aromatic N) is 1. The molecule has 0 fully saturated rings. The zero-order chi connectivity index (χ0) is 14.9. The predicted molar refractivity (Wildman–Crippen MR) is 62.7 cm³/mol. The Morgan fingerprint density at radius 1 is 1.20 bits per heavy atom. The van der Waals surface area contributed by atoms with Crippen LogP contribution in [0.1, 0.15) is 23.1 Å². The van der Waals surface area contributed by atoms with Gasteiger partial charge < -0.3 is 10.0 Å². The Morgan fingerprint density at radius 3 is 2.45 bits per heavy atom. The molecule has 0 aliphatic carbocycles. The molecule has 0 unspecified atom stereocenters. The Hall–Kier alpha value is -2.05. The fraction of sp³-hybridized carbons (Fsp3) is 0.385. The van der Waals surface area contributed by atoms with Gasteiger partial charge in [-0.25, -0.2) is 0 Å².